The number of aliphatic hydroxyl groups is 1. The van der Waals surface area contributed by atoms with Crippen LogP contribution in [0.25, 0.3) is 0 Å². The smallest absolute Gasteiger partial charge is 0.168 e. The van der Waals surface area contributed by atoms with Crippen LogP contribution < -0.4 is 5.73 Å². The highest BCUT2D eigenvalue weighted by molar-refractivity contribution is 5.04. The number of rotatable bonds is 3. The fourth-order valence-electron chi connectivity index (χ4n) is 3.15. The Kier molecular flexibility index (Phi) is 3.51. The zero-order valence-electron chi connectivity index (χ0n) is 11.0. The van der Waals surface area contributed by atoms with Gasteiger partial charge in [-0.15, -0.1) is 0 Å². The predicted molar refractivity (Wildman–Crippen MR) is 65.6 cm³/mol. The average molecular weight is 243 g/mol. The molecule has 1 saturated carbocycles. The summed E-state index contributed by atoms with van der Waals surface area (Å²) in [6.45, 7) is 5.41. The lowest BCUT2D eigenvalue weighted by Gasteiger charge is -2.48. The molecule has 100 valence electrons. The molecule has 17 heavy (non-hydrogen) atoms. The van der Waals surface area contributed by atoms with Crippen molar-refractivity contribution >= 4 is 0 Å². The van der Waals surface area contributed by atoms with Crippen molar-refractivity contribution in [2.45, 2.75) is 69.3 Å². The standard InChI is InChI=1S/C13H25NO3/c1-3-4-11(2,14)12(15)5-7-13(8-6-12)16-9-10-17-13/h15H,3-10,14H2,1-2H3. The molecular weight excluding hydrogens is 218 g/mol. The van der Waals surface area contributed by atoms with Gasteiger partial charge in [-0.05, 0) is 26.2 Å². The van der Waals surface area contributed by atoms with Gasteiger partial charge in [0.25, 0.3) is 0 Å². The summed E-state index contributed by atoms with van der Waals surface area (Å²) < 4.78 is 11.3. The first-order valence-corrected chi connectivity index (χ1v) is 6.72. The zero-order chi connectivity index (χ0) is 12.6. The summed E-state index contributed by atoms with van der Waals surface area (Å²) in [5.74, 6) is -0.422. The summed E-state index contributed by atoms with van der Waals surface area (Å²) in [6, 6.07) is 0. The van der Waals surface area contributed by atoms with E-state index >= 15 is 0 Å². The van der Waals surface area contributed by atoms with Crippen molar-refractivity contribution in [2.24, 2.45) is 5.73 Å². The van der Waals surface area contributed by atoms with Crippen LogP contribution in [-0.4, -0.2) is 35.2 Å². The largest absolute Gasteiger partial charge is 0.388 e. The highest BCUT2D eigenvalue weighted by atomic mass is 16.7. The van der Waals surface area contributed by atoms with Crippen LogP contribution in [0.5, 0.6) is 0 Å². The van der Waals surface area contributed by atoms with Crippen molar-refractivity contribution in [3.8, 4) is 0 Å². The minimum absolute atomic E-state index is 0.422. The van der Waals surface area contributed by atoms with Gasteiger partial charge in [0.05, 0.1) is 18.8 Å². The second kappa shape index (κ2) is 4.50. The molecule has 1 spiro atoms. The third kappa shape index (κ3) is 2.36. The quantitative estimate of drug-likeness (QED) is 0.789. The van der Waals surface area contributed by atoms with Gasteiger partial charge in [0.15, 0.2) is 5.79 Å². The molecule has 0 aromatic rings. The fraction of sp³-hybridized carbons (Fsp3) is 1.00. The minimum atomic E-state index is -0.774. The van der Waals surface area contributed by atoms with Gasteiger partial charge in [-0.1, -0.05) is 13.3 Å². The summed E-state index contributed by atoms with van der Waals surface area (Å²) in [6.07, 6.45) is 4.67. The van der Waals surface area contributed by atoms with Crippen molar-refractivity contribution in [2.75, 3.05) is 13.2 Å². The van der Waals surface area contributed by atoms with Gasteiger partial charge >= 0.3 is 0 Å². The molecule has 2 fully saturated rings. The first kappa shape index (κ1) is 13.3. The molecule has 1 aliphatic heterocycles. The zero-order valence-corrected chi connectivity index (χ0v) is 11.0. The van der Waals surface area contributed by atoms with Crippen LogP contribution in [0.3, 0.4) is 0 Å². The molecule has 0 amide bonds. The maximum atomic E-state index is 10.7. The van der Waals surface area contributed by atoms with E-state index < -0.39 is 16.9 Å². The molecule has 4 nitrogen and oxygen atoms in total. The molecule has 1 aliphatic carbocycles. The van der Waals surface area contributed by atoms with Gasteiger partial charge in [0.2, 0.25) is 0 Å². The highest BCUT2D eigenvalue weighted by Gasteiger charge is 2.51. The lowest BCUT2D eigenvalue weighted by atomic mass is 9.68. The molecule has 1 saturated heterocycles. The number of hydrogen-bond acceptors (Lipinski definition) is 4. The van der Waals surface area contributed by atoms with Crippen molar-refractivity contribution in [1.29, 1.82) is 0 Å². The maximum Gasteiger partial charge on any atom is 0.168 e. The average Bonchev–Trinajstić information content (AvgIpc) is 2.72. The molecule has 1 heterocycles. The molecule has 0 radical (unpaired) electrons. The second-order valence-corrected chi connectivity index (χ2v) is 5.81. The molecule has 2 rings (SSSR count). The van der Waals surface area contributed by atoms with Crippen LogP contribution in [0.15, 0.2) is 0 Å². The summed E-state index contributed by atoms with van der Waals surface area (Å²) in [5.41, 5.74) is 5.01. The number of ether oxygens (including phenoxy) is 2. The number of nitrogens with two attached hydrogens (primary N) is 1. The summed E-state index contributed by atoms with van der Waals surface area (Å²) in [4.78, 5) is 0. The first-order valence-electron chi connectivity index (χ1n) is 6.72. The van der Waals surface area contributed by atoms with Gasteiger partial charge in [-0.3, -0.25) is 0 Å². The third-order valence-electron chi connectivity index (χ3n) is 4.48. The Hall–Kier alpha value is -0.160. The SMILES string of the molecule is CCCC(C)(N)C1(O)CCC2(CC1)OCCO2. The van der Waals surface area contributed by atoms with Gasteiger partial charge in [-0.25, -0.2) is 0 Å². The van der Waals surface area contributed by atoms with Crippen LogP contribution in [0, 0.1) is 0 Å². The normalized spacial score (nSPS) is 30.4. The molecule has 0 aromatic carbocycles. The van der Waals surface area contributed by atoms with E-state index in [0.717, 1.165) is 25.7 Å². The maximum absolute atomic E-state index is 10.7. The van der Waals surface area contributed by atoms with E-state index in [1.807, 2.05) is 6.92 Å². The Balaban J connectivity index is 2.01. The van der Waals surface area contributed by atoms with E-state index in [2.05, 4.69) is 6.92 Å². The van der Waals surface area contributed by atoms with Crippen LogP contribution in [0.4, 0.5) is 0 Å². The lowest BCUT2D eigenvalue weighted by molar-refractivity contribution is -0.211. The van der Waals surface area contributed by atoms with E-state index in [1.54, 1.807) is 0 Å². The van der Waals surface area contributed by atoms with E-state index in [1.165, 1.54) is 0 Å². The Labute approximate surface area is 103 Å². The molecule has 0 bridgehead atoms. The van der Waals surface area contributed by atoms with Crippen LogP contribution in [0.1, 0.15) is 52.4 Å². The predicted octanol–water partition coefficient (Wildman–Crippen LogP) is 1.55. The summed E-state index contributed by atoms with van der Waals surface area (Å²) in [7, 11) is 0. The van der Waals surface area contributed by atoms with E-state index in [9.17, 15) is 5.11 Å². The third-order valence-corrected chi connectivity index (χ3v) is 4.48. The van der Waals surface area contributed by atoms with Crippen molar-refractivity contribution in [3.63, 3.8) is 0 Å². The molecule has 1 atom stereocenters. The van der Waals surface area contributed by atoms with E-state index in [0.29, 0.717) is 26.1 Å². The Morgan fingerprint density at radius 1 is 1.18 bits per heavy atom. The number of hydrogen-bond donors (Lipinski definition) is 2. The fourth-order valence-corrected chi connectivity index (χ4v) is 3.15. The van der Waals surface area contributed by atoms with Crippen LogP contribution in [-0.2, 0) is 9.47 Å². The van der Waals surface area contributed by atoms with Gasteiger partial charge in [0, 0.05) is 18.4 Å². The monoisotopic (exact) mass is 243 g/mol. The lowest BCUT2D eigenvalue weighted by Crippen LogP contribution is -2.61. The molecule has 1 unspecified atom stereocenters. The van der Waals surface area contributed by atoms with E-state index in [-0.39, 0.29) is 0 Å². The first-order chi connectivity index (χ1) is 7.93. The molecule has 2 aliphatic rings. The summed E-state index contributed by atoms with van der Waals surface area (Å²) in [5, 5.41) is 10.7. The molecule has 3 N–H and O–H groups in total. The van der Waals surface area contributed by atoms with E-state index in [4.69, 9.17) is 15.2 Å². The van der Waals surface area contributed by atoms with Crippen molar-refractivity contribution in [1.82, 2.24) is 0 Å². The van der Waals surface area contributed by atoms with Gasteiger partial charge in [0.1, 0.15) is 0 Å². The topological polar surface area (TPSA) is 64.7 Å². The van der Waals surface area contributed by atoms with Gasteiger partial charge in [-0.2, -0.15) is 0 Å². The Morgan fingerprint density at radius 3 is 2.18 bits per heavy atom. The minimum Gasteiger partial charge on any atom is -0.388 e. The molecular formula is C13H25NO3. The molecule has 4 heteroatoms. The van der Waals surface area contributed by atoms with Crippen LogP contribution in [0.2, 0.25) is 0 Å². The van der Waals surface area contributed by atoms with Crippen molar-refractivity contribution in [3.05, 3.63) is 0 Å². The summed E-state index contributed by atoms with van der Waals surface area (Å²) >= 11 is 0. The van der Waals surface area contributed by atoms with Crippen molar-refractivity contribution < 1.29 is 14.6 Å². The van der Waals surface area contributed by atoms with Gasteiger partial charge < -0.3 is 20.3 Å². The Bertz CT molecular complexity index is 262. The molecule has 0 aromatic heterocycles. The highest BCUT2D eigenvalue weighted by Crippen LogP contribution is 2.44. The second-order valence-electron chi connectivity index (χ2n) is 5.81. The van der Waals surface area contributed by atoms with Crippen LogP contribution >= 0.6 is 0 Å². The Morgan fingerprint density at radius 2 is 1.71 bits per heavy atom.